The van der Waals surface area contributed by atoms with Gasteiger partial charge in [0.1, 0.15) is 17.7 Å². The van der Waals surface area contributed by atoms with Crippen molar-refractivity contribution in [1.29, 1.82) is 0 Å². The predicted octanol–water partition coefficient (Wildman–Crippen LogP) is 2.51. The monoisotopic (exact) mass is 394 g/mol. The van der Waals surface area contributed by atoms with E-state index in [0.717, 1.165) is 54.9 Å². The highest BCUT2D eigenvalue weighted by Crippen LogP contribution is 2.37. The summed E-state index contributed by atoms with van der Waals surface area (Å²) in [5, 5.41) is 0. The molecule has 1 aliphatic heterocycles. The Balaban J connectivity index is 1.19. The van der Waals surface area contributed by atoms with E-state index in [9.17, 15) is 9.18 Å². The van der Waals surface area contributed by atoms with E-state index in [1.165, 1.54) is 12.1 Å². The molecule has 150 valence electrons. The highest BCUT2D eigenvalue weighted by molar-refractivity contribution is 5.86. The minimum atomic E-state index is -0.271. The number of likely N-dealkylation sites (N-methyl/N-ethyl adjacent to an activating group) is 1. The van der Waals surface area contributed by atoms with Gasteiger partial charge in [-0.1, -0.05) is 6.07 Å². The molecule has 1 fully saturated rings. The van der Waals surface area contributed by atoms with E-state index in [-0.39, 0.29) is 17.6 Å². The van der Waals surface area contributed by atoms with Gasteiger partial charge in [0, 0.05) is 26.7 Å². The molecule has 1 N–H and O–H groups in total. The maximum absolute atomic E-state index is 13.5. The molecule has 0 saturated carbocycles. The van der Waals surface area contributed by atoms with Crippen LogP contribution in [0.3, 0.4) is 0 Å². The van der Waals surface area contributed by atoms with Crippen LogP contribution < -0.4 is 4.90 Å². The van der Waals surface area contributed by atoms with Crippen molar-refractivity contribution in [2.75, 3.05) is 31.6 Å². The lowest BCUT2D eigenvalue weighted by Gasteiger charge is -2.37. The summed E-state index contributed by atoms with van der Waals surface area (Å²) >= 11 is 0. The smallest absolute Gasteiger partial charge is 0.230 e. The molecule has 5 rings (SSSR count). The number of nitrogens with zero attached hydrogens (tertiary/aromatic N) is 5. The van der Waals surface area contributed by atoms with Gasteiger partial charge in [-0.2, -0.15) is 0 Å². The number of aromatic nitrogens is 4. The van der Waals surface area contributed by atoms with E-state index in [4.69, 9.17) is 0 Å². The number of aromatic amines is 1. The van der Waals surface area contributed by atoms with Crippen molar-refractivity contribution < 1.29 is 9.18 Å². The van der Waals surface area contributed by atoms with Crippen LogP contribution in [0.5, 0.6) is 0 Å². The second kappa shape index (κ2) is 7.09. The molecule has 1 saturated heterocycles. The molecule has 2 aromatic heterocycles. The van der Waals surface area contributed by atoms with Crippen molar-refractivity contribution in [2.24, 2.45) is 5.92 Å². The number of carbonyl (C=O) groups is 1. The van der Waals surface area contributed by atoms with Crippen LogP contribution in [-0.4, -0.2) is 57.4 Å². The number of imidazole rings is 1. The van der Waals surface area contributed by atoms with Gasteiger partial charge in [-0.15, -0.1) is 0 Å². The lowest BCUT2D eigenvalue weighted by Crippen LogP contribution is -2.42. The fourth-order valence-corrected chi connectivity index (χ4v) is 4.56. The average Bonchev–Trinajstić information content (AvgIpc) is 3.20. The summed E-state index contributed by atoms with van der Waals surface area (Å²) in [5.41, 5.74) is 3.49. The number of benzene rings is 1. The number of rotatable bonds is 4. The minimum absolute atomic E-state index is 0.0977. The number of amides is 1. The number of hydrogen-bond acceptors (Lipinski definition) is 5. The summed E-state index contributed by atoms with van der Waals surface area (Å²) in [7, 11) is 1.87. The first kappa shape index (κ1) is 18.0. The molecule has 29 heavy (non-hydrogen) atoms. The normalized spacial score (nSPS) is 19.1. The number of hydrogen-bond donors (Lipinski definition) is 1. The van der Waals surface area contributed by atoms with Gasteiger partial charge in [0.25, 0.3) is 0 Å². The summed E-state index contributed by atoms with van der Waals surface area (Å²) in [5.74, 6) is 0.975. The van der Waals surface area contributed by atoms with E-state index in [0.29, 0.717) is 18.0 Å². The van der Waals surface area contributed by atoms with Gasteiger partial charge in [-0.05, 0) is 48.4 Å². The van der Waals surface area contributed by atoms with Gasteiger partial charge in [0.05, 0.1) is 12.2 Å². The van der Waals surface area contributed by atoms with Crippen LogP contribution >= 0.6 is 0 Å². The van der Waals surface area contributed by atoms with Crippen molar-refractivity contribution in [3.8, 4) is 0 Å². The molecule has 3 heterocycles. The van der Waals surface area contributed by atoms with Crippen LogP contribution in [0.2, 0.25) is 0 Å². The zero-order chi connectivity index (χ0) is 20.0. The van der Waals surface area contributed by atoms with E-state index in [1.54, 1.807) is 18.7 Å². The fourth-order valence-electron chi connectivity index (χ4n) is 4.56. The number of anilines is 1. The Morgan fingerprint density at radius 2 is 2.10 bits per heavy atom. The maximum atomic E-state index is 13.5. The summed E-state index contributed by atoms with van der Waals surface area (Å²) in [4.78, 5) is 32.9. The Bertz CT molecular complexity index is 1060. The molecule has 0 radical (unpaired) electrons. The van der Waals surface area contributed by atoms with Crippen molar-refractivity contribution in [3.63, 3.8) is 0 Å². The molecule has 1 aromatic carbocycles. The lowest BCUT2D eigenvalue weighted by atomic mass is 9.76. The van der Waals surface area contributed by atoms with Gasteiger partial charge >= 0.3 is 0 Å². The van der Waals surface area contributed by atoms with E-state index in [1.807, 2.05) is 11.9 Å². The van der Waals surface area contributed by atoms with Crippen LogP contribution in [0.1, 0.15) is 29.9 Å². The van der Waals surface area contributed by atoms with Crippen molar-refractivity contribution in [3.05, 3.63) is 47.8 Å². The van der Waals surface area contributed by atoms with Gasteiger partial charge in [-0.3, -0.25) is 4.79 Å². The van der Waals surface area contributed by atoms with Crippen molar-refractivity contribution >= 4 is 22.9 Å². The molecule has 1 unspecified atom stereocenters. The first-order valence-corrected chi connectivity index (χ1v) is 10.0. The molecule has 0 spiro atoms. The van der Waals surface area contributed by atoms with Crippen molar-refractivity contribution in [1.82, 2.24) is 24.8 Å². The topological polar surface area (TPSA) is 78.0 Å². The highest BCUT2D eigenvalue weighted by Gasteiger charge is 2.35. The Kier molecular flexibility index (Phi) is 4.41. The lowest BCUT2D eigenvalue weighted by molar-refractivity contribution is -0.132. The first-order valence-electron chi connectivity index (χ1n) is 10.0. The third kappa shape index (κ3) is 3.22. The molecule has 1 aliphatic carbocycles. The summed E-state index contributed by atoms with van der Waals surface area (Å²) in [6.45, 7) is 2.50. The van der Waals surface area contributed by atoms with Crippen molar-refractivity contribution in [2.45, 2.75) is 25.2 Å². The number of fused-ring (bicyclic) bond motifs is 2. The standard InChI is InChI=1S/C21H23FN6O/c1-27(21(29)17-8-14-2-3-15(22)9-16(14)17)10-13-4-6-28(7-5-13)20-18-19(24-11-23-18)25-12-26-20/h2-3,9,11-13,17H,4-8,10H2,1H3,(H,23,24,25,26). The van der Waals surface area contributed by atoms with Crippen LogP contribution in [0.15, 0.2) is 30.9 Å². The molecular weight excluding hydrogens is 371 g/mol. The fraction of sp³-hybridized carbons (Fsp3) is 0.429. The minimum Gasteiger partial charge on any atom is -0.355 e. The molecule has 1 atom stereocenters. The molecule has 1 amide bonds. The van der Waals surface area contributed by atoms with E-state index < -0.39 is 0 Å². The van der Waals surface area contributed by atoms with Crippen LogP contribution in [0.4, 0.5) is 10.2 Å². The van der Waals surface area contributed by atoms with Crippen LogP contribution in [-0.2, 0) is 11.2 Å². The third-order valence-electron chi connectivity index (χ3n) is 6.23. The SMILES string of the molecule is CN(CC1CCN(c2ncnc3nc[nH]c23)CC1)C(=O)C1Cc2ccc(F)cc21. The van der Waals surface area contributed by atoms with E-state index in [2.05, 4.69) is 24.8 Å². The van der Waals surface area contributed by atoms with Crippen LogP contribution in [0.25, 0.3) is 11.2 Å². The largest absolute Gasteiger partial charge is 0.355 e. The zero-order valence-electron chi connectivity index (χ0n) is 16.3. The summed E-state index contributed by atoms with van der Waals surface area (Å²) < 4.78 is 13.5. The van der Waals surface area contributed by atoms with Gasteiger partial charge in [0.15, 0.2) is 11.5 Å². The van der Waals surface area contributed by atoms with Gasteiger partial charge < -0.3 is 14.8 Å². The number of H-pyrrole nitrogens is 1. The molecular formula is C21H23FN6O. The second-order valence-electron chi connectivity index (χ2n) is 8.05. The zero-order valence-corrected chi connectivity index (χ0v) is 16.3. The Morgan fingerprint density at radius 3 is 2.93 bits per heavy atom. The highest BCUT2D eigenvalue weighted by atomic mass is 19.1. The summed E-state index contributed by atoms with van der Waals surface area (Å²) in [6, 6.07) is 4.76. The second-order valence-corrected chi connectivity index (χ2v) is 8.05. The first-order chi connectivity index (χ1) is 14.1. The average molecular weight is 394 g/mol. The molecule has 3 aromatic rings. The Labute approximate surface area is 168 Å². The maximum Gasteiger partial charge on any atom is 0.230 e. The number of halogens is 1. The Hall–Kier alpha value is -3.03. The van der Waals surface area contributed by atoms with Crippen LogP contribution in [0, 0.1) is 11.7 Å². The molecule has 0 bridgehead atoms. The van der Waals surface area contributed by atoms with Gasteiger partial charge in [0.2, 0.25) is 5.91 Å². The number of piperidine rings is 1. The van der Waals surface area contributed by atoms with E-state index >= 15 is 0 Å². The predicted molar refractivity (Wildman–Crippen MR) is 107 cm³/mol. The number of carbonyl (C=O) groups excluding carboxylic acids is 1. The quantitative estimate of drug-likeness (QED) is 0.736. The van der Waals surface area contributed by atoms with Gasteiger partial charge in [-0.25, -0.2) is 19.3 Å². The summed E-state index contributed by atoms with van der Waals surface area (Å²) in [6.07, 6.45) is 5.89. The molecule has 7 nitrogen and oxygen atoms in total. The Morgan fingerprint density at radius 1 is 1.28 bits per heavy atom. The molecule has 2 aliphatic rings. The molecule has 8 heteroatoms. The third-order valence-corrected chi connectivity index (χ3v) is 6.23. The number of nitrogens with one attached hydrogen (secondary N) is 1.